The molecular formula is C24H23ClN4O2S2. The van der Waals surface area contributed by atoms with Crippen LogP contribution in [0.15, 0.2) is 52.3 Å². The van der Waals surface area contributed by atoms with Gasteiger partial charge in [-0.05, 0) is 42.2 Å². The molecule has 1 aliphatic heterocycles. The maximum atomic E-state index is 13.4. The number of pyridine rings is 1. The van der Waals surface area contributed by atoms with Crippen LogP contribution < -0.4 is 10.9 Å². The number of thiocarbonyl (C=S) groups is 1. The van der Waals surface area contributed by atoms with Crippen LogP contribution in [0.5, 0.6) is 0 Å². The standard InChI is InChI=1S/C24H23ClN4O2S2/c1-14(2)12-26-20-17(22(30)28-10-6-7-15(3)21(28)27-20)11-19-23(31)29(24(32)33-19)13-16-8-4-5-9-18(16)25/h4-11,14,26H,12-13H2,1-3H3. The van der Waals surface area contributed by atoms with Crippen molar-refractivity contribution in [3.05, 3.63) is 79.6 Å². The van der Waals surface area contributed by atoms with Crippen molar-refractivity contribution < 1.29 is 4.79 Å². The van der Waals surface area contributed by atoms with Crippen molar-refractivity contribution in [3.8, 4) is 0 Å². The van der Waals surface area contributed by atoms with Crippen LogP contribution in [0.4, 0.5) is 5.82 Å². The predicted molar refractivity (Wildman–Crippen MR) is 140 cm³/mol. The van der Waals surface area contributed by atoms with Gasteiger partial charge in [-0.3, -0.25) is 18.9 Å². The Morgan fingerprint density at radius 3 is 2.70 bits per heavy atom. The van der Waals surface area contributed by atoms with E-state index in [-0.39, 0.29) is 18.0 Å². The van der Waals surface area contributed by atoms with Gasteiger partial charge in [-0.1, -0.05) is 73.7 Å². The number of amides is 1. The first-order valence-corrected chi connectivity index (χ1v) is 12.1. The molecule has 3 heterocycles. The van der Waals surface area contributed by atoms with E-state index < -0.39 is 0 Å². The molecule has 9 heteroatoms. The first kappa shape index (κ1) is 23.5. The van der Waals surface area contributed by atoms with Crippen LogP contribution in [-0.2, 0) is 11.3 Å². The van der Waals surface area contributed by atoms with E-state index in [1.54, 1.807) is 24.4 Å². The summed E-state index contributed by atoms with van der Waals surface area (Å²) in [7, 11) is 0. The van der Waals surface area contributed by atoms with Gasteiger partial charge in [0.15, 0.2) is 0 Å². The van der Waals surface area contributed by atoms with E-state index in [9.17, 15) is 9.59 Å². The molecule has 6 nitrogen and oxygen atoms in total. The van der Waals surface area contributed by atoms with Gasteiger partial charge < -0.3 is 5.32 Å². The number of nitrogens with one attached hydrogen (secondary N) is 1. The van der Waals surface area contributed by atoms with Gasteiger partial charge in [-0.15, -0.1) is 0 Å². The lowest BCUT2D eigenvalue weighted by atomic mass is 10.2. The molecule has 0 saturated carbocycles. The molecule has 1 fully saturated rings. The maximum absolute atomic E-state index is 13.4. The second-order valence-corrected chi connectivity index (χ2v) is 10.3. The van der Waals surface area contributed by atoms with E-state index in [1.165, 1.54) is 21.1 Å². The van der Waals surface area contributed by atoms with Crippen LogP contribution >= 0.6 is 35.6 Å². The Morgan fingerprint density at radius 2 is 1.97 bits per heavy atom. The topological polar surface area (TPSA) is 66.7 Å². The third-order valence-electron chi connectivity index (χ3n) is 5.20. The molecule has 4 rings (SSSR count). The molecule has 0 radical (unpaired) electrons. The second kappa shape index (κ2) is 9.67. The van der Waals surface area contributed by atoms with Gasteiger partial charge in [0.25, 0.3) is 11.5 Å². The largest absolute Gasteiger partial charge is 0.369 e. The molecule has 2 aromatic heterocycles. The van der Waals surface area contributed by atoms with E-state index in [2.05, 4.69) is 19.2 Å². The summed E-state index contributed by atoms with van der Waals surface area (Å²) in [6, 6.07) is 11.1. The molecule has 0 atom stereocenters. The predicted octanol–water partition coefficient (Wildman–Crippen LogP) is 5.13. The molecule has 1 saturated heterocycles. The zero-order valence-corrected chi connectivity index (χ0v) is 20.9. The Labute approximate surface area is 206 Å². The van der Waals surface area contributed by atoms with E-state index in [1.807, 2.05) is 31.2 Å². The highest BCUT2D eigenvalue weighted by Crippen LogP contribution is 2.35. The molecule has 0 bridgehead atoms. The van der Waals surface area contributed by atoms with Gasteiger partial charge >= 0.3 is 0 Å². The van der Waals surface area contributed by atoms with Crippen molar-refractivity contribution in [3.63, 3.8) is 0 Å². The average Bonchev–Trinajstić information content (AvgIpc) is 3.04. The van der Waals surface area contributed by atoms with Gasteiger partial charge in [-0.2, -0.15) is 0 Å². The number of hydrogen-bond donors (Lipinski definition) is 1. The fourth-order valence-electron chi connectivity index (χ4n) is 3.44. The molecular weight excluding hydrogens is 476 g/mol. The first-order chi connectivity index (χ1) is 15.8. The van der Waals surface area contributed by atoms with Gasteiger partial charge in [0.05, 0.1) is 17.0 Å². The SMILES string of the molecule is Cc1cccn2c(=O)c(C=C3SC(=S)N(Cc4ccccc4Cl)C3=O)c(NCC(C)C)nc12. The molecule has 1 N–H and O–H groups in total. The monoisotopic (exact) mass is 498 g/mol. The highest BCUT2D eigenvalue weighted by molar-refractivity contribution is 8.26. The number of halogens is 1. The number of carbonyl (C=O) groups excluding carboxylic acids is 1. The van der Waals surface area contributed by atoms with Crippen LogP contribution in [-0.4, -0.2) is 31.1 Å². The summed E-state index contributed by atoms with van der Waals surface area (Å²) >= 11 is 12.9. The number of hydrogen-bond acceptors (Lipinski definition) is 6. The summed E-state index contributed by atoms with van der Waals surface area (Å²) in [6.07, 6.45) is 3.28. The van der Waals surface area contributed by atoms with Gasteiger partial charge in [0, 0.05) is 17.8 Å². The highest BCUT2D eigenvalue weighted by Gasteiger charge is 2.33. The average molecular weight is 499 g/mol. The molecule has 1 aliphatic rings. The minimum Gasteiger partial charge on any atom is -0.369 e. The van der Waals surface area contributed by atoms with Crippen molar-refractivity contribution in [1.29, 1.82) is 0 Å². The van der Waals surface area contributed by atoms with Gasteiger partial charge in [0.2, 0.25) is 0 Å². The Bertz CT molecular complexity index is 1350. The number of fused-ring (bicyclic) bond motifs is 1. The summed E-state index contributed by atoms with van der Waals surface area (Å²) in [4.78, 5) is 33.2. The van der Waals surface area contributed by atoms with Crippen molar-refractivity contribution in [1.82, 2.24) is 14.3 Å². The van der Waals surface area contributed by atoms with Crippen LogP contribution in [0.3, 0.4) is 0 Å². The number of aromatic nitrogens is 2. The maximum Gasteiger partial charge on any atom is 0.267 e. The number of anilines is 1. The van der Waals surface area contributed by atoms with Crippen molar-refractivity contribution in [2.75, 3.05) is 11.9 Å². The van der Waals surface area contributed by atoms with Crippen LogP contribution in [0.25, 0.3) is 11.7 Å². The van der Waals surface area contributed by atoms with E-state index in [4.69, 9.17) is 28.8 Å². The lowest BCUT2D eigenvalue weighted by molar-refractivity contribution is -0.122. The number of rotatable bonds is 6. The Kier molecular flexibility index (Phi) is 6.88. The molecule has 1 amide bonds. The molecule has 0 aliphatic carbocycles. The normalized spacial score (nSPS) is 15.3. The third-order valence-corrected chi connectivity index (χ3v) is 6.94. The quantitative estimate of drug-likeness (QED) is 0.375. The van der Waals surface area contributed by atoms with Crippen LogP contribution in [0.2, 0.25) is 5.02 Å². The highest BCUT2D eigenvalue weighted by atomic mass is 35.5. The lowest BCUT2D eigenvalue weighted by Crippen LogP contribution is -2.27. The van der Waals surface area contributed by atoms with E-state index in [0.29, 0.717) is 43.7 Å². The minimum atomic E-state index is -0.256. The zero-order valence-electron chi connectivity index (χ0n) is 18.5. The number of nitrogens with zero attached hydrogens (tertiary/aromatic N) is 3. The molecule has 0 spiro atoms. The molecule has 170 valence electrons. The molecule has 1 aromatic carbocycles. The van der Waals surface area contributed by atoms with E-state index in [0.717, 1.165) is 11.1 Å². The smallest absolute Gasteiger partial charge is 0.267 e. The number of carbonyl (C=O) groups is 1. The number of aryl methyl sites for hydroxylation is 1. The third kappa shape index (κ3) is 4.83. The summed E-state index contributed by atoms with van der Waals surface area (Å²) in [5.74, 6) is 0.552. The van der Waals surface area contributed by atoms with E-state index >= 15 is 0 Å². The molecule has 3 aromatic rings. The Morgan fingerprint density at radius 1 is 1.21 bits per heavy atom. The Balaban J connectivity index is 1.76. The molecule has 0 unspecified atom stereocenters. The van der Waals surface area contributed by atoms with Crippen molar-refractivity contribution in [2.45, 2.75) is 27.3 Å². The zero-order chi connectivity index (χ0) is 23.7. The fraction of sp³-hybridized carbons (Fsp3) is 0.250. The summed E-state index contributed by atoms with van der Waals surface area (Å²) < 4.78 is 1.93. The van der Waals surface area contributed by atoms with Crippen molar-refractivity contribution in [2.24, 2.45) is 5.92 Å². The fourth-order valence-corrected chi connectivity index (χ4v) is 4.87. The van der Waals surface area contributed by atoms with Gasteiger partial charge in [-0.25, -0.2) is 4.98 Å². The number of benzene rings is 1. The van der Waals surface area contributed by atoms with Gasteiger partial charge in [0.1, 0.15) is 15.8 Å². The minimum absolute atomic E-state index is 0.244. The molecule has 33 heavy (non-hydrogen) atoms. The van der Waals surface area contributed by atoms with Crippen molar-refractivity contribution >= 4 is 63.3 Å². The lowest BCUT2D eigenvalue weighted by Gasteiger charge is -2.15. The Hall–Kier alpha value is -2.68. The van der Waals surface area contributed by atoms with Crippen LogP contribution in [0.1, 0.15) is 30.5 Å². The summed E-state index contributed by atoms with van der Waals surface area (Å²) in [5.41, 5.74) is 2.36. The first-order valence-electron chi connectivity index (χ1n) is 10.5. The summed E-state index contributed by atoms with van der Waals surface area (Å²) in [5, 5.41) is 3.85. The second-order valence-electron chi connectivity index (χ2n) is 8.20. The summed E-state index contributed by atoms with van der Waals surface area (Å²) in [6.45, 7) is 6.97. The number of thioether (sulfide) groups is 1. The van der Waals surface area contributed by atoms with Crippen LogP contribution in [0, 0.1) is 12.8 Å².